The fourth-order valence-corrected chi connectivity index (χ4v) is 3.99. The molecule has 7 nitrogen and oxygen atoms in total. The van der Waals surface area contributed by atoms with Gasteiger partial charge in [-0.25, -0.2) is 0 Å². The molecule has 0 bridgehead atoms. The molecule has 1 N–H and O–H groups in total. The van der Waals surface area contributed by atoms with Crippen LogP contribution in [-0.4, -0.2) is 35.5 Å². The van der Waals surface area contributed by atoms with Crippen molar-refractivity contribution in [3.05, 3.63) is 88.7 Å². The zero-order valence-corrected chi connectivity index (χ0v) is 18.7. The van der Waals surface area contributed by atoms with Crippen molar-refractivity contribution in [2.75, 3.05) is 18.6 Å². The van der Waals surface area contributed by atoms with Gasteiger partial charge < -0.3 is 14.6 Å². The van der Waals surface area contributed by atoms with Gasteiger partial charge in [-0.2, -0.15) is 0 Å². The zero-order valence-electron chi connectivity index (χ0n) is 18.0. The number of aromatic nitrogens is 1. The molecule has 4 rings (SSSR count). The van der Waals surface area contributed by atoms with E-state index in [1.54, 1.807) is 60.9 Å². The average Bonchev–Trinajstić information content (AvgIpc) is 3.10. The molecule has 1 amide bonds. The molecule has 3 aromatic rings. The highest BCUT2D eigenvalue weighted by molar-refractivity contribution is 6.51. The Morgan fingerprint density at radius 1 is 1.09 bits per heavy atom. The number of halogens is 1. The third kappa shape index (κ3) is 4.15. The lowest BCUT2D eigenvalue weighted by Gasteiger charge is -2.25. The van der Waals surface area contributed by atoms with E-state index in [1.165, 1.54) is 18.1 Å². The Morgan fingerprint density at radius 3 is 2.42 bits per heavy atom. The highest BCUT2D eigenvalue weighted by Gasteiger charge is 2.47. The molecule has 168 valence electrons. The number of carbonyl (C=O) groups excluding carboxylic acids is 2. The van der Waals surface area contributed by atoms with Gasteiger partial charge >= 0.3 is 0 Å². The lowest BCUT2D eigenvalue weighted by molar-refractivity contribution is -0.132. The van der Waals surface area contributed by atoms with Crippen molar-refractivity contribution in [2.24, 2.45) is 0 Å². The standard InChI is InChI=1S/C25H21ClN2O5/c1-3-33-18-7-5-17(6-8-18)28-22(15-10-12-27-13-11-15)21(24(30)25(28)31)23(29)16-4-9-19(26)20(14-16)32-2/h4-14,22,29H,3H2,1-2H3/b23-21-. The Hall–Kier alpha value is -3.84. The lowest BCUT2D eigenvalue weighted by Crippen LogP contribution is -2.29. The largest absolute Gasteiger partial charge is 0.507 e. The molecule has 1 fully saturated rings. The van der Waals surface area contributed by atoms with E-state index >= 15 is 0 Å². The van der Waals surface area contributed by atoms with Crippen molar-refractivity contribution >= 4 is 34.7 Å². The summed E-state index contributed by atoms with van der Waals surface area (Å²) in [5, 5.41) is 11.5. The van der Waals surface area contributed by atoms with Crippen molar-refractivity contribution in [2.45, 2.75) is 13.0 Å². The van der Waals surface area contributed by atoms with Gasteiger partial charge in [0.25, 0.3) is 11.7 Å². The number of ketones is 1. The highest BCUT2D eigenvalue weighted by Crippen LogP contribution is 2.42. The molecular weight excluding hydrogens is 444 g/mol. The minimum absolute atomic E-state index is 0.0375. The maximum absolute atomic E-state index is 13.2. The number of rotatable bonds is 6. The summed E-state index contributed by atoms with van der Waals surface area (Å²) in [6.07, 6.45) is 3.14. The zero-order chi connectivity index (χ0) is 23.5. The first-order valence-electron chi connectivity index (χ1n) is 10.2. The molecule has 0 saturated carbocycles. The number of Topliss-reactive ketones (excluding diaryl/α,β-unsaturated/α-hetero) is 1. The average molecular weight is 465 g/mol. The summed E-state index contributed by atoms with van der Waals surface area (Å²) in [6, 6.07) is 14.1. The van der Waals surface area contributed by atoms with Gasteiger partial charge in [-0.1, -0.05) is 11.6 Å². The van der Waals surface area contributed by atoms with Crippen LogP contribution < -0.4 is 14.4 Å². The van der Waals surface area contributed by atoms with Crippen molar-refractivity contribution < 1.29 is 24.2 Å². The van der Waals surface area contributed by atoms with Gasteiger partial charge in [-0.3, -0.25) is 19.5 Å². The summed E-state index contributed by atoms with van der Waals surface area (Å²) in [7, 11) is 1.45. The Labute approximate surface area is 195 Å². The molecule has 1 aromatic heterocycles. The van der Waals surface area contributed by atoms with Crippen molar-refractivity contribution in [3.63, 3.8) is 0 Å². The van der Waals surface area contributed by atoms with Gasteiger partial charge in [0.15, 0.2) is 0 Å². The Balaban J connectivity index is 1.88. The van der Waals surface area contributed by atoms with E-state index < -0.39 is 17.7 Å². The number of amides is 1. The van der Waals surface area contributed by atoms with Gasteiger partial charge in [0.05, 0.1) is 30.4 Å². The molecule has 1 saturated heterocycles. The maximum Gasteiger partial charge on any atom is 0.300 e. The van der Waals surface area contributed by atoms with Crippen LogP contribution in [-0.2, 0) is 9.59 Å². The first kappa shape index (κ1) is 22.4. The van der Waals surface area contributed by atoms with Crippen molar-refractivity contribution in [3.8, 4) is 11.5 Å². The Kier molecular flexibility index (Phi) is 6.33. The van der Waals surface area contributed by atoms with Crippen LogP contribution in [0, 0.1) is 0 Å². The number of nitrogens with zero attached hydrogens (tertiary/aromatic N) is 2. The normalized spacial score (nSPS) is 17.3. The summed E-state index contributed by atoms with van der Waals surface area (Å²) >= 11 is 6.11. The molecule has 1 atom stereocenters. The predicted molar refractivity (Wildman–Crippen MR) is 125 cm³/mol. The summed E-state index contributed by atoms with van der Waals surface area (Å²) in [4.78, 5) is 31.7. The number of aliphatic hydroxyl groups excluding tert-OH is 1. The van der Waals surface area contributed by atoms with E-state index in [-0.39, 0.29) is 11.3 Å². The quantitative estimate of drug-likeness (QED) is 0.321. The second-order valence-corrected chi connectivity index (χ2v) is 7.63. The molecule has 2 heterocycles. The van der Waals surface area contributed by atoms with E-state index in [0.717, 1.165) is 0 Å². The molecule has 33 heavy (non-hydrogen) atoms. The number of pyridine rings is 1. The van der Waals surface area contributed by atoms with E-state index in [9.17, 15) is 14.7 Å². The lowest BCUT2D eigenvalue weighted by atomic mass is 9.95. The smallest absolute Gasteiger partial charge is 0.300 e. The second kappa shape index (κ2) is 9.34. The van der Waals surface area contributed by atoms with Crippen LogP contribution in [0.25, 0.3) is 5.76 Å². The number of carbonyl (C=O) groups is 2. The minimum Gasteiger partial charge on any atom is -0.507 e. The maximum atomic E-state index is 13.2. The van der Waals surface area contributed by atoms with Crippen LogP contribution in [0.5, 0.6) is 11.5 Å². The number of anilines is 1. The van der Waals surface area contributed by atoms with Crippen LogP contribution in [0.2, 0.25) is 5.02 Å². The predicted octanol–water partition coefficient (Wildman–Crippen LogP) is 4.77. The van der Waals surface area contributed by atoms with Crippen LogP contribution in [0.4, 0.5) is 5.69 Å². The molecule has 0 aliphatic carbocycles. The molecule has 1 unspecified atom stereocenters. The third-order valence-electron chi connectivity index (χ3n) is 5.32. The van der Waals surface area contributed by atoms with Gasteiger partial charge in [0, 0.05) is 23.6 Å². The number of hydrogen-bond acceptors (Lipinski definition) is 6. The van der Waals surface area contributed by atoms with Crippen LogP contribution in [0.15, 0.2) is 72.6 Å². The van der Waals surface area contributed by atoms with Gasteiger partial charge in [-0.05, 0) is 67.1 Å². The number of benzene rings is 2. The molecule has 1 aliphatic heterocycles. The second-order valence-electron chi connectivity index (χ2n) is 7.23. The monoisotopic (exact) mass is 464 g/mol. The van der Waals surface area contributed by atoms with Crippen LogP contribution in [0.3, 0.4) is 0 Å². The minimum atomic E-state index is -0.854. The van der Waals surface area contributed by atoms with E-state index in [1.807, 2.05) is 6.92 Å². The number of ether oxygens (including phenoxy) is 2. The number of methoxy groups -OCH3 is 1. The van der Waals surface area contributed by atoms with E-state index in [2.05, 4.69) is 4.98 Å². The molecule has 2 aromatic carbocycles. The van der Waals surface area contributed by atoms with Gasteiger partial charge in [0.1, 0.15) is 17.3 Å². The topological polar surface area (TPSA) is 89.0 Å². The summed E-state index contributed by atoms with van der Waals surface area (Å²) in [6.45, 7) is 2.38. The molecular formula is C25H21ClN2O5. The Morgan fingerprint density at radius 2 is 1.79 bits per heavy atom. The summed E-state index contributed by atoms with van der Waals surface area (Å²) in [5.41, 5.74) is 1.39. The van der Waals surface area contributed by atoms with E-state index in [4.69, 9.17) is 21.1 Å². The summed E-state index contributed by atoms with van der Waals surface area (Å²) < 4.78 is 10.7. The first-order valence-corrected chi connectivity index (χ1v) is 10.6. The number of aliphatic hydroxyl groups is 1. The highest BCUT2D eigenvalue weighted by atomic mass is 35.5. The Bertz CT molecular complexity index is 1230. The van der Waals surface area contributed by atoms with Crippen LogP contribution >= 0.6 is 11.6 Å². The van der Waals surface area contributed by atoms with Crippen molar-refractivity contribution in [1.82, 2.24) is 4.98 Å². The third-order valence-corrected chi connectivity index (χ3v) is 5.63. The fourth-order valence-electron chi connectivity index (χ4n) is 3.79. The number of hydrogen-bond donors (Lipinski definition) is 1. The van der Waals surface area contributed by atoms with Crippen molar-refractivity contribution in [1.29, 1.82) is 0 Å². The SMILES string of the molecule is CCOc1ccc(N2C(=O)C(=O)/C(=C(\O)c3ccc(Cl)c(OC)c3)C2c2ccncc2)cc1. The molecule has 1 aliphatic rings. The van der Waals surface area contributed by atoms with E-state index in [0.29, 0.717) is 39.9 Å². The van der Waals surface area contributed by atoms with Gasteiger partial charge in [-0.15, -0.1) is 0 Å². The fraction of sp³-hybridized carbons (Fsp3) is 0.160. The van der Waals surface area contributed by atoms with Crippen LogP contribution in [0.1, 0.15) is 24.1 Å². The molecule has 8 heteroatoms. The summed E-state index contributed by atoms with van der Waals surface area (Å²) in [5.74, 6) is -0.882. The molecule has 0 radical (unpaired) electrons. The first-order chi connectivity index (χ1) is 16.0. The van der Waals surface area contributed by atoms with Gasteiger partial charge in [0.2, 0.25) is 0 Å². The molecule has 0 spiro atoms.